The molecule has 1 aromatic heterocycles. The highest BCUT2D eigenvalue weighted by Crippen LogP contribution is 2.21. The van der Waals surface area contributed by atoms with Gasteiger partial charge in [-0.1, -0.05) is 37.5 Å². The lowest BCUT2D eigenvalue weighted by molar-refractivity contribution is -0.122. The number of hydrogen-bond donors (Lipinski definition) is 1. The summed E-state index contributed by atoms with van der Waals surface area (Å²) in [6.45, 7) is 0.276. The van der Waals surface area contributed by atoms with Gasteiger partial charge in [-0.15, -0.1) is 0 Å². The van der Waals surface area contributed by atoms with E-state index in [1.807, 2.05) is 28.8 Å². The molecule has 0 unspecified atom stereocenters. The van der Waals surface area contributed by atoms with E-state index >= 15 is 0 Å². The van der Waals surface area contributed by atoms with Crippen molar-refractivity contribution in [3.8, 4) is 6.07 Å². The van der Waals surface area contributed by atoms with Crippen LogP contribution in [0.1, 0.15) is 37.7 Å². The number of hydrogen-bond acceptors (Lipinski definition) is 2. The van der Waals surface area contributed by atoms with Gasteiger partial charge in [0.15, 0.2) is 0 Å². The molecule has 0 radical (unpaired) electrons. The molecule has 1 aliphatic rings. The quantitative estimate of drug-likeness (QED) is 0.940. The summed E-state index contributed by atoms with van der Waals surface area (Å²) in [7, 11) is 0. The highest BCUT2D eigenvalue weighted by atomic mass is 16.2. The third-order valence-electron chi connectivity index (χ3n) is 4.19. The zero-order valence-electron chi connectivity index (χ0n) is 12.0. The first-order chi connectivity index (χ1) is 10.3. The Balaban J connectivity index is 1.75. The van der Waals surface area contributed by atoms with Crippen LogP contribution in [0.3, 0.4) is 0 Å². The Labute approximate surface area is 124 Å². The van der Waals surface area contributed by atoms with Crippen molar-refractivity contribution in [2.24, 2.45) is 0 Å². The number of para-hydroxylation sites is 1. The van der Waals surface area contributed by atoms with Gasteiger partial charge in [0.2, 0.25) is 5.91 Å². The summed E-state index contributed by atoms with van der Waals surface area (Å²) in [4.78, 5) is 12.2. The molecule has 4 heteroatoms. The maximum atomic E-state index is 12.2. The fourth-order valence-electron chi connectivity index (χ4n) is 3.14. The predicted molar refractivity (Wildman–Crippen MR) is 81.7 cm³/mol. The molecule has 1 saturated carbocycles. The van der Waals surface area contributed by atoms with Crippen molar-refractivity contribution in [1.82, 2.24) is 9.88 Å². The summed E-state index contributed by atoms with van der Waals surface area (Å²) in [5, 5.41) is 13.2. The Bertz CT molecular complexity index is 690. The van der Waals surface area contributed by atoms with Crippen LogP contribution >= 0.6 is 0 Å². The van der Waals surface area contributed by atoms with Crippen LogP contribution in [0.15, 0.2) is 30.5 Å². The largest absolute Gasteiger partial charge is 0.352 e. The second-order valence-corrected chi connectivity index (χ2v) is 5.70. The van der Waals surface area contributed by atoms with Crippen LogP contribution in [0.4, 0.5) is 0 Å². The van der Waals surface area contributed by atoms with E-state index in [4.69, 9.17) is 0 Å². The summed E-state index contributed by atoms with van der Waals surface area (Å²) < 4.78 is 1.87. The van der Waals surface area contributed by atoms with Crippen LogP contribution in [0.5, 0.6) is 0 Å². The van der Waals surface area contributed by atoms with Crippen LogP contribution < -0.4 is 5.32 Å². The lowest BCUT2D eigenvalue weighted by atomic mass is 9.95. The lowest BCUT2D eigenvalue weighted by Crippen LogP contribution is -2.38. The van der Waals surface area contributed by atoms with Crippen molar-refractivity contribution < 1.29 is 4.79 Å². The SMILES string of the molecule is N#Cc1cn(CC(=O)NC2CCCCC2)c2ccccc12. The van der Waals surface area contributed by atoms with Gasteiger partial charge < -0.3 is 9.88 Å². The van der Waals surface area contributed by atoms with Crippen LogP contribution in [-0.4, -0.2) is 16.5 Å². The van der Waals surface area contributed by atoms with Gasteiger partial charge in [0.05, 0.1) is 5.56 Å². The molecule has 0 spiro atoms. The second kappa shape index (κ2) is 6.01. The van der Waals surface area contributed by atoms with Gasteiger partial charge in [-0.05, 0) is 18.9 Å². The van der Waals surface area contributed by atoms with E-state index in [1.165, 1.54) is 19.3 Å². The monoisotopic (exact) mass is 281 g/mol. The predicted octanol–water partition coefficient (Wildman–Crippen LogP) is 2.96. The molecular formula is C17H19N3O. The van der Waals surface area contributed by atoms with E-state index in [9.17, 15) is 10.1 Å². The molecule has 108 valence electrons. The Hall–Kier alpha value is -2.28. The number of rotatable bonds is 3. The molecule has 0 saturated heterocycles. The Morgan fingerprint density at radius 3 is 2.81 bits per heavy atom. The summed E-state index contributed by atoms with van der Waals surface area (Å²) in [6, 6.07) is 10.2. The van der Waals surface area contributed by atoms with Gasteiger partial charge in [0.25, 0.3) is 0 Å². The molecule has 1 amide bonds. The number of nitrogens with one attached hydrogen (secondary N) is 1. The van der Waals surface area contributed by atoms with Crippen LogP contribution in [0, 0.1) is 11.3 Å². The van der Waals surface area contributed by atoms with Gasteiger partial charge in [-0.3, -0.25) is 4.79 Å². The van der Waals surface area contributed by atoms with Crippen molar-refractivity contribution in [1.29, 1.82) is 5.26 Å². The average molecular weight is 281 g/mol. The number of nitriles is 1. The molecule has 4 nitrogen and oxygen atoms in total. The molecule has 2 aromatic rings. The van der Waals surface area contributed by atoms with E-state index < -0.39 is 0 Å². The van der Waals surface area contributed by atoms with Gasteiger partial charge in [0, 0.05) is 23.1 Å². The number of benzene rings is 1. The fraction of sp³-hybridized carbons (Fsp3) is 0.412. The summed E-state index contributed by atoms with van der Waals surface area (Å²) in [6.07, 6.45) is 7.63. The maximum absolute atomic E-state index is 12.2. The highest BCUT2D eigenvalue weighted by Gasteiger charge is 2.16. The third kappa shape index (κ3) is 2.92. The van der Waals surface area contributed by atoms with E-state index in [0.29, 0.717) is 11.6 Å². The third-order valence-corrected chi connectivity index (χ3v) is 4.19. The van der Waals surface area contributed by atoms with Crippen molar-refractivity contribution in [2.75, 3.05) is 0 Å². The van der Waals surface area contributed by atoms with Crippen molar-refractivity contribution in [3.05, 3.63) is 36.0 Å². The minimum absolute atomic E-state index is 0.0344. The van der Waals surface area contributed by atoms with Gasteiger partial charge in [-0.25, -0.2) is 0 Å². The Morgan fingerprint density at radius 1 is 1.29 bits per heavy atom. The smallest absolute Gasteiger partial charge is 0.240 e. The molecule has 0 aliphatic heterocycles. The van der Waals surface area contributed by atoms with E-state index in [2.05, 4.69) is 11.4 Å². The van der Waals surface area contributed by atoms with Crippen LogP contribution in [0.2, 0.25) is 0 Å². The molecule has 1 heterocycles. The summed E-state index contributed by atoms with van der Waals surface area (Å²) >= 11 is 0. The summed E-state index contributed by atoms with van der Waals surface area (Å²) in [5.74, 6) is 0.0344. The minimum Gasteiger partial charge on any atom is -0.352 e. The summed E-state index contributed by atoms with van der Waals surface area (Å²) in [5.41, 5.74) is 1.56. The van der Waals surface area contributed by atoms with Crippen molar-refractivity contribution >= 4 is 16.8 Å². The zero-order chi connectivity index (χ0) is 14.7. The lowest BCUT2D eigenvalue weighted by Gasteiger charge is -2.22. The molecule has 1 aliphatic carbocycles. The fourth-order valence-corrected chi connectivity index (χ4v) is 3.14. The molecule has 0 bridgehead atoms. The minimum atomic E-state index is 0.0344. The number of aromatic nitrogens is 1. The first-order valence-electron chi connectivity index (χ1n) is 7.55. The first kappa shape index (κ1) is 13.7. The van der Waals surface area contributed by atoms with Gasteiger partial charge >= 0.3 is 0 Å². The van der Waals surface area contributed by atoms with Crippen LogP contribution in [0.25, 0.3) is 10.9 Å². The molecule has 21 heavy (non-hydrogen) atoms. The number of amides is 1. The average Bonchev–Trinajstić information content (AvgIpc) is 2.86. The normalized spacial score (nSPS) is 15.8. The van der Waals surface area contributed by atoms with Crippen molar-refractivity contribution in [3.63, 3.8) is 0 Å². The van der Waals surface area contributed by atoms with E-state index in [0.717, 1.165) is 23.7 Å². The number of fused-ring (bicyclic) bond motifs is 1. The maximum Gasteiger partial charge on any atom is 0.240 e. The highest BCUT2D eigenvalue weighted by molar-refractivity contribution is 5.88. The molecule has 1 aromatic carbocycles. The van der Waals surface area contributed by atoms with Crippen molar-refractivity contribution in [2.45, 2.75) is 44.7 Å². The molecule has 1 fully saturated rings. The zero-order valence-corrected chi connectivity index (χ0v) is 12.0. The first-order valence-corrected chi connectivity index (χ1v) is 7.55. The van der Waals surface area contributed by atoms with Crippen LogP contribution in [-0.2, 0) is 11.3 Å². The molecule has 1 N–H and O–H groups in total. The molecule has 0 atom stereocenters. The number of nitrogens with zero attached hydrogens (tertiary/aromatic N) is 2. The topological polar surface area (TPSA) is 57.8 Å². The second-order valence-electron chi connectivity index (χ2n) is 5.70. The number of carbonyl (C=O) groups is 1. The van der Waals surface area contributed by atoms with Gasteiger partial charge in [-0.2, -0.15) is 5.26 Å². The van der Waals surface area contributed by atoms with E-state index in [1.54, 1.807) is 6.20 Å². The van der Waals surface area contributed by atoms with Gasteiger partial charge in [0.1, 0.15) is 12.6 Å². The Morgan fingerprint density at radius 2 is 2.05 bits per heavy atom. The standard InChI is InChI=1S/C17H19N3O/c18-10-13-11-20(16-9-5-4-8-15(13)16)12-17(21)19-14-6-2-1-3-7-14/h4-5,8-9,11,14H,1-3,6-7,12H2,(H,19,21). The molecular weight excluding hydrogens is 262 g/mol. The number of carbonyl (C=O) groups excluding carboxylic acids is 1. The van der Waals surface area contributed by atoms with E-state index in [-0.39, 0.29) is 12.5 Å². The Kier molecular flexibility index (Phi) is 3.92. The molecule has 3 rings (SSSR count).